The highest BCUT2D eigenvalue weighted by atomic mass is 28.3. The molecular formula is C25H32N5O4Si. The van der Waals surface area contributed by atoms with Crippen molar-refractivity contribution in [2.75, 3.05) is 19.5 Å². The van der Waals surface area contributed by atoms with Crippen LogP contribution < -0.4 is 14.8 Å². The molecule has 0 amide bonds. The number of aromatic nitrogens is 4. The van der Waals surface area contributed by atoms with Crippen molar-refractivity contribution < 1.29 is 18.3 Å². The molecule has 0 bridgehead atoms. The number of furan rings is 1. The Morgan fingerprint density at radius 1 is 1.06 bits per heavy atom. The van der Waals surface area contributed by atoms with Gasteiger partial charge in [-0.3, -0.25) is 0 Å². The van der Waals surface area contributed by atoms with Crippen LogP contribution in [0.15, 0.2) is 47.1 Å². The second-order valence-electron chi connectivity index (χ2n) is 9.50. The largest absolute Gasteiger partial charge is 0.493 e. The van der Waals surface area contributed by atoms with Gasteiger partial charge in [0.2, 0.25) is 20.8 Å². The maximum absolute atomic E-state index is 6.41. The fourth-order valence-electron chi connectivity index (χ4n) is 3.75. The third-order valence-corrected chi connectivity index (χ3v) is 6.10. The average Bonchev–Trinajstić information content (AvgIpc) is 3.49. The predicted molar refractivity (Wildman–Crippen MR) is 136 cm³/mol. The summed E-state index contributed by atoms with van der Waals surface area (Å²) in [5.41, 5.74) is 2.32. The Labute approximate surface area is 207 Å². The molecule has 0 aliphatic carbocycles. The zero-order valence-electron chi connectivity index (χ0n) is 21.2. The van der Waals surface area contributed by atoms with Crippen LogP contribution in [0.1, 0.15) is 38.1 Å². The van der Waals surface area contributed by atoms with Crippen LogP contribution in [-0.4, -0.2) is 42.8 Å². The maximum Gasteiger partial charge on any atom is 0.226 e. The molecule has 0 spiro atoms. The lowest BCUT2D eigenvalue weighted by Crippen LogP contribution is -2.27. The second-order valence-corrected chi connectivity index (χ2v) is 11.6. The highest BCUT2D eigenvalue weighted by molar-refractivity contribution is 6.48. The van der Waals surface area contributed by atoms with E-state index in [1.165, 1.54) is 0 Å². The Morgan fingerprint density at radius 3 is 2.46 bits per heavy atom. The van der Waals surface area contributed by atoms with Crippen molar-refractivity contribution in [3.63, 3.8) is 0 Å². The Balaban J connectivity index is 1.76. The van der Waals surface area contributed by atoms with E-state index in [4.69, 9.17) is 28.3 Å². The molecule has 1 aromatic carbocycles. The summed E-state index contributed by atoms with van der Waals surface area (Å²) in [7, 11) is 2.27. The van der Waals surface area contributed by atoms with Crippen LogP contribution in [0.5, 0.6) is 11.5 Å². The van der Waals surface area contributed by atoms with E-state index in [0.717, 1.165) is 11.3 Å². The van der Waals surface area contributed by atoms with Gasteiger partial charge in [-0.2, -0.15) is 4.52 Å². The van der Waals surface area contributed by atoms with E-state index in [0.29, 0.717) is 41.2 Å². The maximum atomic E-state index is 6.41. The molecule has 35 heavy (non-hydrogen) atoms. The molecule has 0 aliphatic rings. The first kappa shape index (κ1) is 24.7. The minimum Gasteiger partial charge on any atom is -0.493 e. The standard InChI is InChI=1S/C25H32N5O4Si/c1-25(2,3)22(34-35(6)7)17-14-21-28-23(19-9-8-12-33-19)29-30(21)24(27-17)26-15-16-10-11-18(31-4)20(13-16)32-5/h8-14,22H,15H2,1-7H3,(H,26,27). The van der Waals surface area contributed by atoms with E-state index in [1.807, 2.05) is 36.4 Å². The van der Waals surface area contributed by atoms with Crippen LogP contribution in [0.2, 0.25) is 13.1 Å². The van der Waals surface area contributed by atoms with Gasteiger partial charge in [-0.05, 0) is 48.3 Å². The van der Waals surface area contributed by atoms with Gasteiger partial charge in [0, 0.05) is 12.6 Å². The van der Waals surface area contributed by atoms with Gasteiger partial charge in [-0.1, -0.05) is 26.8 Å². The summed E-state index contributed by atoms with van der Waals surface area (Å²) in [5, 5.41) is 8.09. The minimum atomic E-state index is -0.971. The molecule has 0 aliphatic heterocycles. The molecule has 4 aromatic rings. The quantitative estimate of drug-likeness (QED) is 0.310. The number of ether oxygens (including phenoxy) is 2. The lowest BCUT2D eigenvalue weighted by molar-refractivity contribution is 0.0828. The van der Waals surface area contributed by atoms with Crippen molar-refractivity contribution in [3.05, 3.63) is 53.9 Å². The van der Waals surface area contributed by atoms with Gasteiger partial charge in [0.15, 0.2) is 22.9 Å². The normalized spacial score (nSPS) is 12.8. The fraction of sp³-hybridized carbons (Fsp3) is 0.400. The summed E-state index contributed by atoms with van der Waals surface area (Å²) in [6, 6.07) is 11.4. The van der Waals surface area contributed by atoms with Crippen molar-refractivity contribution in [3.8, 4) is 23.1 Å². The first-order valence-electron chi connectivity index (χ1n) is 11.4. The molecule has 0 saturated heterocycles. The van der Waals surface area contributed by atoms with Crippen molar-refractivity contribution in [2.45, 2.75) is 46.5 Å². The monoisotopic (exact) mass is 494 g/mol. The van der Waals surface area contributed by atoms with Crippen molar-refractivity contribution >= 4 is 20.6 Å². The Hall–Kier alpha value is -3.37. The van der Waals surface area contributed by atoms with Gasteiger partial charge in [0.25, 0.3) is 0 Å². The van der Waals surface area contributed by atoms with Crippen LogP contribution in [-0.2, 0) is 11.0 Å². The van der Waals surface area contributed by atoms with Crippen molar-refractivity contribution in [2.24, 2.45) is 5.41 Å². The molecule has 3 heterocycles. The number of rotatable bonds is 9. The molecule has 1 atom stereocenters. The van der Waals surface area contributed by atoms with Gasteiger partial charge in [-0.25, -0.2) is 9.97 Å². The number of hydrogen-bond donors (Lipinski definition) is 1. The minimum absolute atomic E-state index is 0.155. The average molecular weight is 495 g/mol. The molecule has 9 nitrogen and oxygen atoms in total. The van der Waals surface area contributed by atoms with Crippen molar-refractivity contribution in [1.82, 2.24) is 19.6 Å². The molecule has 1 unspecified atom stereocenters. The van der Waals surface area contributed by atoms with Crippen LogP contribution in [0.3, 0.4) is 0 Å². The van der Waals surface area contributed by atoms with Gasteiger partial charge in [0.05, 0.1) is 32.3 Å². The van der Waals surface area contributed by atoms with Gasteiger partial charge < -0.3 is 23.6 Å². The molecule has 185 valence electrons. The zero-order chi connectivity index (χ0) is 25.2. The number of methoxy groups -OCH3 is 2. The molecule has 10 heteroatoms. The Kier molecular flexibility index (Phi) is 7.13. The topological polar surface area (TPSA) is 95.9 Å². The number of nitrogens with zero attached hydrogens (tertiary/aromatic N) is 4. The van der Waals surface area contributed by atoms with E-state index in [2.05, 4.69) is 44.3 Å². The first-order valence-corrected chi connectivity index (χ1v) is 13.8. The highest BCUT2D eigenvalue weighted by Gasteiger charge is 2.31. The lowest BCUT2D eigenvalue weighted by Gasteiger charge is -2.32. The van der Waals surface area contributed by atoms with E-state index in [1.54, 1.807) is 25.0 Å². The van der Waals surface area contributed by atoms with Gasteiger partial charge in [0.1, 0.15) is 0 Å². The molecule has 0 fully saturated rings. The predicted octanol–water partition coefficient (Wildman–Crippen LogP) is 5.37. The van der Waals surface area contributed by atoms with E-state index in [-0.39, 0.29) is 11.5 Å². The molecule has 4 rings (SSSR count). The summed E-state index contributed by atoms with van der Waals surface area (Å²) in [5.74, 6) is 3.00. The number of hydrogen-bond acceptors (Lipinski definition) is 8. The zero-order valence-corrected chi connectivity index (χ0v) is 22.2. The van der Waals surface area contributed by atoms with E-state index in [9.17, 15) is 0 Å². The summed E-state index contributed by atoms with van der Waals surface area (Å²) in [4.78, 5) is 9.68. The summed E-state index contributed by atoms with van der Waals surface area (Å²) in [6.45, 7) is 11.2. The Bertz CT molecular complexity index is 1280. The van der Waals surface area contributed by atoms with Gasteiger partial charge in [-0.15, -0.1) is 5.10 Å². The molecule has 1 radical (unpaired) electrons. The van der Waals surface area contributed by atoms with Gasteiger partial charge >= 0.3 is 0 Å². The number of anilines is 1. The van der Waals surface area contributed by atoms with E-state index >= 15 is 0 Å². The third-order valence-electron chi connectivity index (χ3n) is 5.39. The first-order chi connectivity index (χ1) is 16.7. The summed E-state index contributed by atoms with van der Waals surface area (Å²) < 4.78 is 24.4. The van der Waals surface area contributed by atoms with Crippen LogP contribution in [0.4, 0.5) is 5.95 Å². The fourth-order valence-corrected chi connectivity index (χ4v) is 4.70. The third kappa shape index (κ3) is 5.49. The number of benzene rings is 1. The van der Waals surface area contributed by atoms with Crippen molar-refractivity contribution in [1.29, 1.82) is 0 Å². The second kappa shape index (κ2) is 10.1. The lowest BCUT2D eigenvalue weighted by atomic mass is 9.87. The van der Waals surface area contributed by atoms with Crippen LogP contribution in [0.25, 0.3) is 17.2 Å². The molecule has 0 saturated carbocycles. The highest BCUT2D eigenvalue weighted by Crippen LogP contribution is 2.37. The number of nitrogens with one attached hydrogen (secondary N) is 1. The number of fused-ring (bicyclic) bond motifs is 1. The Morgan fingerprint density at radius 2 is 1.83 bits per heavy atom. The summed E-state index contributed by atoms with van der Waals surface area (Å²) in [6.07, 6.45) is 1.41. The molecular weight excluding hydrogens is 462 g/mol. The molecule has 3 aromatic heterocycles. The van der Waals surface area contributed by atoms with E-state index < -0.39 is 9.04 Å². The smallest absolute Gasteiger partial charge is 0.226 e. The SMILES string of the molecule is COc1ccc(CNc2nc(C(O[Si](C)C)C(C)(C)C)cc3nc(-c4ccco4)nn23)cc1OC. The molecule has 1 N–H and O–H groups in total. The van der Waals surface area contributed by atoms with Crippen LogP contribution >= 0.6 is 0 Å². The summed E-state index contributed by atoms with van der Waals surface area (Å²) >= 11 is 0. The van der Waals surface area contributed by atoms with Crippen LogP contribution in [0, 0.1) is 5.41 Å².